The third-order valence-electron chi connectivity index (χ3n) is 5.86. The molecule has 3 heterocycles. The Morgan fingerprint density at radius 3 is 2.36 bits per heavy atom. The maximum Gasteiger partial charge on any atom is 0.323 e. The predicted octanol–water partition coefficient (Wildman–Crippen LogP) is 4.74. The normalized spacial score (nSPS) is 14.1. The summed E-state index contributed by atoms with van der Waals surface area (Å²) < 4.78 is 5.40. The summed E-state index contributed by atoms with van der Waals surface area (Å²) in [6.45, 7) is 3.24. The number of para-hydroxylation sites is 2. The van der Waals surface area contributed by atoms with Gasteiger partial charge in [-0.05, 0) is 54.6 Å². The van der Waals surface area contributed by atoms with Crippen LogP contribution in [0, 0.1) is 0 Å². The van der Waals surface area contributed by atoms with Crippen molar-refractivity contribution in [3.63, 3.8) is 0 Å². The van der Waals surface area contributed by atoms with Crippen LogP contribution in [0.2, 0.25) is 0 Å². The van der Waals surface area contributed by atoms with Gasteiger partial charge in [0.2, 0.25) is 0 Å². The van der Waals surface area contributed by atoms with Gasteiger partial charge < -0.3 is 25.3 Å². The van der Waals surface area contributed by atoms with Gasteiger partial charge in [-0.3, -0.25) is 0 Å². The molecular formula is C25H22N6O2. The number of ether oxygens (including phenoxy) is 1. The quantitative estimate of drug-likeness (QED) is 0.378. The Labute approximate surface area is 189 Å². The fourth-order valence-corrected chi connectivity index (χ4v) is 4.20. The van der Waals surface area contributed by atoms with E-state index in [2.05, 4.69) is 25.5 Å². The van der Waals surface area contributed by atoms with Crippen LogP contribution in [0.25, 0.3) is 33.1 Å². The molecule has 164 valence electrons. The summed E-state index contributed by atoms with van der Waals surface area (Å²) in [5, 5.41) is 6.72. The topological polar surface area (TPSA) is 95.2 Å². The molecule has 0 aliphatic carbocycles. The number of nitrogens with zero attached hydrogens (tertiary/aromatic N) is 3. The lowest BCUT2D eigenvalue weighted by molar-refractivity contribution is 0.122. The number of nitrogens with one attached hydrogen (secondary N) is 3. The van der Waals surface area contributed by atoms with Gasteiger partial charge in [-0.1, -0.05) is 12.1 Å². The Morgan fingerprint density at radius 1 is 0.879 bits per heavy atom. The summed E-state index contributed by atoms with van der Waals surface area (Å²) in [5.41, 5.74) is 6.65. The molecule has 3 N–H and O–H groups in total. The molecule has 8 heteroatoms. The van der Waals surface area contributed by atoms with Crippen LogP contribution in [0.15, 0.2) is 66.7 Å². The Bertz CT molecular complexity index is 1470. The highest BCUT2D eigenvalue weighted by atomic mass is 16.5. The molecule has 2 amide bonds. The molecule has 8 nitrogen and oxygen atoms in total. The third kappa shape index (κ3) is 3.81. The molecule has 33 heavy (non-hydrogen) atoms. The molecule has 0 spiro atoms. The van der Waals surface area contributed by atoms with Gasteiger partial charge >= 0.3 is 6.03 Å². The molecule has 0 bridgehead atoms. The number of morpholine rings is 1. The van der Waals surface area contributed by atoms with Crippen LogP contribution in [-0.2, 0) is 4.74 Å². The monoisotopic (exact) mass is 438 g/mol. The lowest BCUT2D eigenvalue weighted by Crippen LogP contribution is -2.36. The predicted molar refractivity (Wildman–Crippen MR) is 131 cm³/mol. The molecule has 5 aromatic rings. The summed E-state index contributed by atoms with van der Waals surface area (Å²) in [4.78, 5) is 27.6. The summed E-state index contributed by atoms with van der Waals surface area (Å²) in [6, 6.07) is 21.0. The number of hydrogen-bond acceptors (Lipinski definition) is 5. The zero-order valence-electron chi connectivity index (χ0n) is 17.8. The number of carbonyl (C=O) groups excluding carboxylic acids is 1. The van der Waals surface area contributed by atoms with Crippen molar-refractivity contribution in [2.75, 3.05) is 41.8 Å². The lowest BCUT2D eigenvalue weighted by Gasteiger charge is -2.28. The minimum Gasteiger partial charge on any atom is -0.378 e. The van der Waals surface area contributed by atoms with Gasteiger partial charge in [0.1, 0.15) is 5.52 Å². The Morgan fingerprint density at radius 2 is 1.58 bits per heavy atom. The van der Waals surface area contributed by atoms with Crippen molar-refractivity contribution in [1.29, 1.82) is 0 Å². The zero-order chi connectivity index (χ0) is 22.2. The Balaban J connectivity index is 1.20. The van der Waals surface area contributed by atoms with E-state index in [9.17, 15) is 4.79 Å². The maximum atomic E-state index is 12.6. The van der Waals surface area contributed by atoms with Crippen LogP contribution in [0.5, 0.6) is 0 Å². The van der Waals surface area contributed by atoms with E-state index in [0.29, 0.717) is 5.69 Å². The molecule has 1 aliphatic rings. The standard InChI is InChI=1S/C25H22N6O2/c32-25(26-16-5-8-18(9-6-16)31-11-13-33-14-12-31)27-17-7-10-20-19(15-17)23-24(29-20)30-22-4-2-1-3-21(22)28-23/h1-10,15H,11-14H2,(H,29,30)(H2,26,27,32). The molecule has 0 saturated carbocycles. The van der Waals surface area contributed by atoms with Gasteiger partial charge in [-0.25, -0.2) is 14.8 Å². The number of aromatic nitrogens is 3. The SMILES string of the molecule is O=C(Nc1ccc(N2CCOCC2)cc1)Nc1ccc2[nH]c3nc4ccccc4nc3c2c1. The number of H-pyrrole nitrogens is 1. The highest BCUT2D eigenvalue weighted by molar-refractivity contribution is 6.08. The number of rotatable bonds is 3. The fourth-order valence-electron chi connectivity index (χ4n) is 4.20. The second-order valence-electron chi connectivity index (χ2n) is 8.02. The number of urea groups is 1. The van der Waals surface area contributed by atoms with E-state index < -0.39 is 0 Å². The summed E-state index contributed by atoms with van der Waals surface area (Å²) in [6.07, 6.45) is 0. The number of benzene rings is 3. The van der Waals surface area contributed by atoms with Crippen molar-refractivity contribution in [2.45, 2.75) is 0 Å². The van der Waals surface area contributed by atoms with Crippen LogP contribution in [0.3, 0.4) is 0 Å². The van der Waals surface area contributed by atoms with Crippen molar-refractivity contribution < 1.29 is 9.53 Å². The fraction of sp³-hybridized carbons (Fsp3) is 0.160. The highest BCUT2D eigenvalue weighted by Gasteiger charge is 2.12. The summed E-state index contributed by atoms with van der Waals surface area (Å²) >= 11 is 0. The molecule has 0 atom stereocenters. The first-order chi connectivity index (χ1) is 16.2. The van der Waals surface area contributed by atoms with Crippen molar-refractivity contribution in [2.24, 2.45) is 0 Å². The number of aromatic amines is 1. The molecule has 0 unspecified atom stereocenters. The van der Waals surface area contributed by atoms with Gasteiger partial charge in [-0.2, -0.15) is 0 Å². The van der Waals surface area contributed by atoms with Crippen LogP contribution >= 0.6 is 0 Å². The lowest BCUT2D eigenvalue weighted by atomic mass is 10.2. The number of amides is 2. The minimum atomic E-state index is -0.301. The van der Waals surface area contributed by atoms with E-state index in [1.54, 1.807) is 0 Å². The second kappa shape index (κ2) is 8.07. The Kier molecular flexibility index (Phi) is 4.77. The molecule has 1 fully saturated rings. The molecule has 0 radical (unpaired) electrons. The van der Waals surface area contributed by atoms with Crippen molar-refractivity contribution in [1.82, 2.24) is 15.0 Å². The molecule has 6 rings (SSSR count). The van der Waals surface area contributed by atoms with Gasteiger partial charge in [0.15, 0.2) is 5.65 Å². The van der Waals surface area contributed by atoms with Gasteiger partial charge in [-0.15, -0.1) is 0 Å². The van der Waals surface area contributed by atoms with Crippen LogP contribution in [0.1, 0.15) is 0 Å². The van der Waals surface area contributed by atoms with E-state index in [1.807, 2.05) is 66.7 Å². The zero-order valence-corrected chi connectivity index (χ0v) is 17.8. The summed E-state index contributed by atoms with van der Waals surface area (Å²) in [7, 11) is 0. The van der Waals surface area contributed by atoms with Crippen LogP contribution in [-0.4, -0.2) is 47.3 Å². The molecule has 2 aromatic heterocycles. The van der Waals surface area contributed by atoms with Crippen molar-refractivity contribution >= 4 is 56.2 Å². The third-order valence-corrected chi connectivity index (χ3v) is 5.86. The van der Waals surface area contributed by atoms with Gasteiger partial charge in [0.25, 0.3) is 0 Å². The number of carbonyl (C=O) groups is 1. The van der Waals surface area contributed by atoms with E-state index >= 15 is 0 Å². The minimum absolute atomic E-state index is 0.301. The molecule has 1 saturated heterocycles. The number of fused-ring (bicyclic) bond motifs is 4. The number of anilines is 3. The summed E-state index contributed by atoms with van der Waals surface area (Å²) in [5.74, 6) is 0. The van der Waals surface area contributed by atoms with E-state index in [-0.39, 0.29) is 6.03 Å². The highest BCUT2D eigenvalue weighted by Crippen LogP contribution is 2.27. The average molecular weight is 438 g/mol. The van der Waals surface area contributed by atoms with Crippen LogP contribution < -0.4 is 15.5 Å². The molecule has 1 aliphatic heterocycles. The molecule has 3 aromatic carbocycles. The first-order valence-electron chi connectivity index (χ1n) is 10.9. The number of hydrogen-bond donors (Lipinski definition) is 3. The second-order valence-corrected chi connectivity index (χ2v) is 8.02. The van der Waals surface area contributed by atoms with Gasteiger partial charge in [0.05, 0.1) is 24.2 Å². The van der Waals surface area contributed by atoms with Crippen LogP contribution in [0.4, 0.5) is 21.9 Å². The average Bonchev–Trinajstić information content (AvgIpc) is 3.20. The van der Waals surface area contributed by atoms with Crippen molar-refractivity contribution in [3.8, 4) is 0 Å². The molecular weight excluding hydrogens is 416 g/mol. The van der Waals surface area contributed by atoms with E-state index in [0.717, 1.165) is 70.8 Å². The first kappa shape index (κ1) is 19.5. The van der Waals surface area contributed by atoms with E-state index in [4.69, 9.17) is 9.72 Å². The largest absolute Gasteiger partial charge is 0.378 e. The van der Waals surface area contributed by atoms with Crippen molar-refractivity contribution in [3.05, 3.63) is 66.7 Å². The van der Waals surface area contributed by atoms with E-state index in [1.165, 1.54) is 0 Å². The smallest absolute Gasteiger partial charge is 0.323 e. The Hall–Kier alpha value is -4.17. The maximum absolute atomic E-state index is 12.6. The first-order valence-corrected chi connectivity index (χ1v) is 10.9. The van der Waals surface area contributed by atoms with Gasteiger partial charge in [0, 0.05) is 41.1 Å².